The first-order chi connectivity index (χ1) is 7.78. The van der Waals surface area contributed by atoms with Crippen LogP contribution in [-0.4, -0.2) is 12.1 Å². The van der Waals surface area contributed by atoms with Gasteiger partial charge in [0.1, 0.15) is 5.75 Å². The molecule has 0 aliphatic carbocycles. The molecule has 1 heterocycles. The van der Waals surface area contributed by atoms with Gasteiger partial charge in [0, 0.05) is 24.0 Å². The van der Waals surface area contributed by atoms with E-state index in [-0.39, 0.29) is 5.56 Å². The number of rotatable bonds is 3. The smallest absolute Gasteiger partial charge is 0.248 e. The van der Waals surface area contributed by atoms with Gasteiger partial charge in [0.15, 0.2) is 0 Å². The van der Waals surface area contributed by atoms with E-state index in [2.05, 4.69) is 10.3 Å². The molecule has 0 fully saturated rings. The minimum Gasteiger partial charge on any atom is -0.497 e. The molecule has 0 bridgehead atoms. The number of hydrogen-bond acceptors (Lipinski definition) is 3. The van der Waals surface area contributed by atoms with Gasteiger partial charge in [0.25, 0.3) is 0 Å². The first-order valence-electron chi connectivity index (χ1n) is 4.88. The number of aromatic amines is 1. The van der Waals surface area contributed by atoms with E-state index in [4.69, 9.17) is 4.74 Å². The monoisotopic (exact) mass is 216 g/mol. The number of nitrogens with one attached hydrogen (secondary N) is 2. The number of ether oxygens (including phenoxy) is 1. The van der Waals surface area contributed by atoms with Crippen LogP contribution in [0.4, 0.5) is 11.4 Å². The van der Waals surface area contributed by atoms with E-state index in [1.54, 1.807) is 19.4 Å². The van der Waals surface area contributed by atoms with Crippen LogP contribution in [0.1, 0.15) is 0 Å². The van der Waals surface area contributed by atoms with Crippen molar-refractivity contribution in [3.8, 4) is 5.75 Å². The molecule has 2 N–H and O–H groups in total. The van der Waals surface area contributed by atoms with Crippen molar-refractivity contribution >= 4 is 11.4 Å². The highest BCUT2D eigenvalue weighted by Crippen LogP contribution is 2.19. The summed E-state index contributed by atoms with van der Waals surface area (Å²) in [4.78, 5) is 13.5. The summed E-state index contributed by atoms with van der Waals surface area (Å²) in [5.74, 6) is 0.787. The van der Waals surface area contributed by atoms with Gasteiger partial charge >= 0.3 is 0 Å². The molecule has 0 amide bonds. The topological polar surface area (TPSA) is 54.1 Å². The fraction of sp³-hybridized carbons (Fsp3) is 0.0833. The van der Waals surface area contributed by atoms with E-state index >= 15 is 0 Å². The predicted molar refractivity (Wildman–Crippen MR) is 63.3 cm³/mol. The van der Waals surface area contributed by atoms with Gasteiger partial charge in [-0.05, 0) is 18.2 Å². The Morgan fingerprint density at radius 1 is 1.19 bits per heavy atom. The lowest BCUT2D eigenvalue weighted by molar-refractivity contribution is 0.415. The third-order valence-corrected chi connectivity index (χ3v) is 2.14. The molecule has 0 aliphatic heterocycles. The summed E-state index contributed by atoms with van der Waals surface area (Å²) in [6.07, 6.45) is 1.63. The second kappa shape index (κ2) is 4.53. The average Bonchev–Trinajstić information content (AvgIpc) is 2.32. The Bertz CT molecular complexity index is 514. The van der Waals surface area contributed by atoms with Crippen molar-refractivity contribution in [1.29, 1.82) is 0 Å². The molecular formula is C12H12N2O2. The normalized spacial score (nSPS) is 9.81. The van der Waals surface area contributed by atoms with Crippen LogP contribution in [0.2, 0.25) is 0 Å². The predicted octanol–water partition coefficient (Wildman–Crippen LogP) is 2.13. The summed E-state index contributed by atoms with van der Waals surface area (Å²) >= 11 is 0. The lowest BCUT2D eigenvalue weighted by Gasteiger charge is -2.07. The maximum Gasteiger partial charge on any atom is 0.248 e. The summed E-state index contributed by atoms with van der Waals surface area (Å²) in [6.45, 7) is 0. The molecule has 16 heavy (non-hydrogen) atoms. The molecule has 0 saturated carbocycles. The van der Waals surface area contributed by atoms with E-state index in [9.17, 15) is 4.79 Å². The average molecular weight is 216 g/mol. The molecular weight excluding hydrogens is 204 g/mol. The summed E-state index contributed by atoms with van der Waals surface area (Å²) in [5, 5.41) is 3.16. The molecule has 0 saturated heterocycles. The van der Waals surface area contributed by atoms with Gasteiger partial charge < -0.3 is 15.0 Å². The van der Waals surface area contributed by atoms with Crippen molar-refractivity contribution in [2.75, 3.05) is 12.4 Å². The molecule has 0 unspecified atom stereocenters. The fourth-order valence-corrected chi connectivity index (χ4v) is 1.36. The third kappa shape index (κ3) is 2.42. The maximum atomic E-state index is 10.9. The van der Waals surface area contributed by atoms with Crippen molar-refractivity contribution < 1.29 is 4.74 Å². The second-order valence-electron chi connectivity index (χ2n) is 3.30. The summed E-state index contributed by atoms with van der Waals surface area (Å²) in [7, 11) is 1.62. The highest BCUT2D eigenvalue weighted by molar-refractivity contribution is 5.60. The zero-order valence-electron chi connectivity index (χ0n) is 8.86. The van der Waals surface area contributed by atoms with Crippen LogP contribution in [-0.2, 0) is 0 Å². The Morgan fingerprint density at radius 3 is 2.75 bits per heavy atom. The quantitative estimate of drug-likeness (QED) is 0.826. The largest absolute Gasteiger partial charge is 0.497 e. The third-order valence-electron chi connectivity index (χ3n) is 2.14. The maximum absolute atomic E-state index is 10.9. The zero-order valence-corrected chi connectivity index (χ0v) is 8.86. The molecule has 0 atom stereocenters. The number of anilines is 2. The fourth-order valence-electron chi connectivity index (χ4n) is 1.36. The molecule has 2 aromatic rings. The number of hydrogen-bond donors (Lipinski definition) is 2. The van der Waals surface area contributed by atoms with Gasteiger partial charge in [-0.3, -0.25) is 4.79 Å². The standard InChI is InChI=1S/C12H12N2O2/c1-16-11-4-2-3-9(7-11)14-10-5-6-12(15)13-8-10/h2-8,14H,1H3,(H,13,15). The zero-order chi connectivity index (χ0) is 11.4. The SMILES string of the molecule is COc1cccc(Nc2ccc(=O)[nH]c2)c1. The first-order valence-corrected chi connectivity index (χ1v) is 4.88. The number of methoxy groups -OCH3 is 1. The Hall–Kier alpha value is -2.23. The lowest BCUT2D eigenvalue weighted by Crippen LogP contribution is -2.02. The molecule has 4 heteroatoms. The molecule has 0 radical (unpaired) electrons. The number of aromatic nitrogens is 1. The molecule has 82 valence electrons. The second-order valence-corrected chi connectivity index (χ2v) is 3.30. The summed E-state index contributed by atoms with van der Waals surface area (Å²) in [5.41, 5.74) is 1.62. The van der Waals surface area contributed by atoms with E-state index in [1.807, 2.05) is 24.3 Å². The molecule has 4 nitrogen and oxygen atoms in total. The van der Waals surface area contributed by atoms with Crippen molar-refractivity contribution in [3.63, 3.8) is 0 Å². The number of H-pyrrole nitrogens is 1. The Kier molecular flexibility index (Phi) is 2.91. The summed E-state index contributed by atoms with van der Waals surface area (Å²) in [6, 6.07) is 10.8. The van der Waals surface area contributed by atoms with Crippen LogP contribution < -0.4 is 15.6 Å². The Balaban J connectivity index is 2.20. The lowest BCUT2D eigenvalue weighted by atomic mass is 10.3. The van der Waals surface area contributed by atoms with E-state index in [0.717, 1.165) is 17.1 Å². The van der Waals surface area contributed by atoms with Crippen molar-refractivity contribution in [2.24, 2.45) is 0 Å². The van der Waals surface area contributed by atoms with Crippen LogP contribution in [0.25, 0.3) is 0 Å². The van der Waals surface area contributed by atoms with Crippen LogP contribution >= 0.6 is 0 Å². The van der Waals surface area contributed by atoms with E-state index in [1.165, 1.54) is 6.07 Å². The van der Waals surface area contributed by atoms with Gasteiger partial charge in [-0.1, -0.05) is 6.07 Å². The molecule has 1 aromatic carbocycles. The van der Waals surface area contributed by atoms with Crippen molar-refractivity contribution in [1.82, 2.24) is 4.98 Å². The van der Waals surface area contributed by atoms with Crippen LogP contribution in [0.5, 0.6) is 5.75 Å². The minimum absolute atomic E-state index is 0.115. The van der Waals surface area contributed by atoms with Gasteiger partial charge in [0.05, 0.1) is 12.8 Å². The Labute approximate surface area is 92.9 Å². The van der Waals surface area contributed by atoms with Crippen LogP contribution in [0.15, 0.2) is 47.4 Å². The van der Waals surface area contributed by atoms with Crippen LogP contribution in [0.3, 0.4) is 0 Å². The van der Waals surface area contributed by atoms with Crippen molar-refractivity contribution in [2.45, 2.75) is 0 Å². The Morgan fingerprint density at radius 2 is 2.06 bits per heavy atom. The highest BCUT2D eigenvalue weighted by atomic mass is 16.5. The molecule has 0 spiro atoms. The van der Waals surface area contributed by atoms with E-state index < -0.39 is 0 Å². The van der Waals surface area contributed by atoms with Gasteiger partial charge in [0.2, 0.25) is 5.56 Å². The van der Waals surface area contributed by atoms with Crippen LogP contribution in [0, 0.1) is 0 Å². The number of pyridine rings is 1. The highest BCUT2D eigenvalue weighted by Gasteiger charge is 1.96. The molecule has 0 aliphatic rings. The van der Waals surface area contributed by atoms with E-state index in [0.29, 0.717) is 0 Å². The first kappa shape index (κ1) is 10.3. The van der Waals surface area contributed by atoms with Gasteiger partial charge in [-0.2, -0.15) is 0 Å². The minimum atomic E-state index is -0.115. The van der Waals surface area contributed by atoms with Gasteiger partial charge in [-0.25, -0.2) is 0 Å². The van der Waals surface area contributed by atoms with Crippen molar-refractivity contribution in [3.05, 3.63) is 52.9 Å². The molecule has 1 aromatic heterocycles. The molecule has 2 rings (SSSR count). The van der Waals surface area contributed by atoms with Gasteiger partial charge in [-0.15, -0.1) is 0 Å². The number of benzene rings is 1. The summed E-state index contributed by atoms with van der Waals surface area (Å²) < 4.78 is 5.11.